The number of benzene rings is 3. The van der Waals surface area contributed by atoms with E-state index in [1.165, 1.54) is 0 Å². The number of rotatable bonds is 4. The van der Waals surface area contributed by atoms with E-state index < -0.39 is 0 Å². The van der Waals surface area contributed by atoms with Gasteiger partial charge in [-0.25, -0.2) is 9.97 Å². The molecule has 5 aromatic rings. The van der Waals surface area contributed by atoms with Crippen molar-refractivity contribution in [2.45, 2.75) is 18.8 Å². The van der Waals surface area contributed by atoms with Gasteiger partial charge in [0.1, 0.15) is 11.3 Å². The molecule has 0 atom stereocenters. The molecule has 36 heavy (non-hydrogen) atoms. The highest BCUT2D eigenvalue weighted by atomic mass is 16.3. The molecule has 2 aromatic heterocycles. The number of aromatic amines is 1. The van der Waals surface area contributed by atoms with Gasteiger partial charge in [0.2, 0.25) is 5.89 Å². The highest BCUT2D eigenvalue weighted by molar-refractivity contribution is 5.81. The predicted octanol–water partition coefficient (Wildman–Crippen LogP) is 5.45. The van der Waals surface area contributed by atoms with Crippen molar-refractivity contribution < 1.29 is 4.42 Å². The van der Waals surface area contributed by atoms with Crippen molar-refractivity contribution in [2.75, 3.05) is 13.1 Å². The Labute approximate surface area is 207 Å². The van der Waals surface area contributed by atoms with Crippen LogP contribution in [0.2, 0.25) is 0 Å². The summed E-state index contributed by atoms with van der Waals surface area (Å²) in [6.07, 6.45) is 1.76. The molecular weight excluding hydrogens is 450 g/mol. The maximum atomic E-state index is 12.5. The maximum Gasteiger partial charge on any atom is 0.258 e. The molecule has 0 unspecified atom stereocenters. The lowest BCUT2D eigenvalue weighted by Gasteiger charge is -2.34. The van der Waals surface area contributed by atoms with E-state index in [4.69, 9.17) is 9.40 Å². The van der Waals surface area contributed by atoms with Crippen LogP contribution in [-0.4, -0.2) is 32.9 Å². The van der Waals surface area contributed by atoms with Crippen LogP contribution in [0.25, 0.3) is 39.2 Å². The van der Waals surface area contributed by atoms with Crippen LogP contribution in [0, 0.1) is 11.3 Å². The van der Waals surface area contributed by atoms with Crippen molar-refractivity contribution in [3.05, 3.63) is 101 Å². The molecule has 1 saturated heterocycles. The standard InChI is InChI=1S/C29H23N5O2/c1-18(21-9-10-25-26(16-21)36-29(32-25)22-6-4-5-19(15-22)17-30)34-13-11-20(12-14-34)27-31-24-8-3-2-7-23(24)28(35)33-27/h2-10,15-16,20H,1,11-14H2,(H,31,33,35). The first kappa shape index (κ1) is 21.8. The smallest absolute Gasteiger partial charge is 0.258 e. The zero-order valence-electron chi connectivity index (χ0n) is 19.6. The number of para-hydroxylation sites is 1. The first-order valence-corrected chi connectivity index (χ1v) is 11.9. The second-order valence-electron chi connectivity index (χ2n) is 9.07. The fourth-order valence-electron chi connectivity index (χ4n) is 4.85. The van der Waals surface area contributed by atoms with Gasteiger partial charge in [-0.05, 0) is 55.3 Å². The van der Waals surface area contributed by atoms with Gasteiger partial charge in [0.25, 0.3) is 5.56 Å². The molecule has 0 amide bonds. The van der Waals surface area contributed by atoms with Crippen LogP contribution in [0.15, 0.2) is 82.5 Å². The van der Waals surface area contributed by atoms with E-state index in [1.807, 2.05) is 48.5 Å². The van der Waals surface area contributed by atoms with Gasteiger partial charge in [-0.3, -0.25) is 4.79 Å². The molecule has 1 aliphatic rings. The molecule has 7 nitrogen and oxygen atoms in total. The monoisotopic (exact) mass is 473 g/mol. The number of hydrogen-bond donors (Lipinski definition) is 1. The Morgan fingerprint density at radius 3 is 2.69 bits per heavy atom. The first-order valence-electron chi connectivity index (χ1n) is 11.9. The fourth-order valence-corrected chi connectivity index (χ4v) is 4.85. The van der Waals surface area contributed by atoms with Crippen molar-refractivity contribution in [2.24, 2.45) is 0 Å². The van der Waals surface area contributed by atoms with Gasteiger partial charge in [0, 0.05) is 35.8 Å². The molecule has 1 N–H and O–H groups in total. The van der Waals surface area contributed by atoms with E-state index in [0.29, 0.717) is 22.4 Å². The summed E-state index contributed by atoms with van der Waals surface area (Å²) in [5, 5.41) is 9.79. The summed E-state index contributed by atoms with van der Waals surface area (Å²) in [6.45, 7) is 5.99. The summed E-state index contributed by atoms with van der Waals surface area (Å²) in [5.41, 5.74) is 5.34. The molecule has 1 aliphatic heterocycles. The lowest BCUT2D eigenvalue weighted by molar-refractivity contribution is 0.294. The predicted molar refractivity (Wildman–Crippen MR) is 139 cm³/mol. The average molecular weight is 474 g/mol. The highest BCUT2D eigenvalue weighted by Crippen LogP contribution is 2.32. The molecule has 3 aromatic carbocycles. The van der Waals surface area contributed by atoms with Crippen LogP contribution in [0.3, 0.4) is 0 Å². The van der Waals surface area contributed by atoms with E-state index in [-0.39, 0.29) is 11.5 Å². The third kappa shape index (κ3) is 3.93. The van der Waals surface area contributed by atoms with Crippen molar-refractivity contribution in [3.8, 4) is 17.5 Å². The van der Waals surface area contributed by atoms with Gasteiger partial charge in [0.15, 0.2) is 5.58 Å². The lowest BCUT2D eigenvalue weighted by atomic mass is 9.94. The number of nitriles is 1. The topological polar surface area (TPSA) is 98.8 Å². The van der Waals surface area contributed by atoms with Gasteiger partial charge in [-0.15, -0.1) is 0 Å². The van der Waals surface area contributed by atoms with Crippen molar-refractivity contribution in [1.82, 2.24) is 19.9 Å². The van der Waals surface area contributed by atoms with Crippen molar-refractivity contribution >= 4 is 27.7 Å². The van der Waals surface area contributed by atoms with Gasteiger partial charge in [-0.1, -0.05) is 30.8 Å². The first-order chi connectivity index (χ1) is 17.6. The largest absolute Gasteiger partial charge is 0.436 e. The molecule has 0 saturated carbocycles. The summed E-state index contributed by atoms with van der Waals surface area (Å²) in [4.78, 5) is 27.1. The Kier molecular flexibility index (Phi) is 5.34. The van der Waals surface area contributed by atoms with E-state index in [9.17, 15) is 10.1 Å². The van der Waals surface area contributed by atoms with Crippen LogP contribution in [-0.2, 0) is 0 Å². The zero-order valence-corrected chi connectivity index (χ0v) is 19.6. The number of hydrogen-bond acceptors (Lipinski definition) is 6. The molecule has 7 heteroatoms. The highest BCUT2D eigenvalue weighted by Gasteiger charge is 2.24. The second kappa shape index (κ2) is 8.82. The van der Waals surface area contributed by atoms with Crippen LogP contribution in [0.1, 0.15) is 35.7 Å². The molecule has 1 fully saturated rings. The summed E-state index contributed by atoms with van der Waals surface area (Å²) in [5.74, 6) is 1.46. The molecule has 0 radical (unpaired) electrons. The third-order valence-electron chi connectivity index (χ3n) is 6.85. The zero-order chi connectivity index (χ0) is 24.6. The Balaban J connectivity index is 1.19. The van der Waals surface area contributed by atoms with Crippen LogP contribution >= 0.6 is 0 Å². The van der Waals surface area contributed by atoms with Gasteiger partial charge >= 0.3 is 0 Å². The van der Waals surface area contributed by atoms with Crippen LogP contribution in [0.4, 0.5) is 0 Å². The van der Waals surface area contributed by atoms with Gasteiger partial charge < -0.3 is 14.3 Å². The summed E-state index contributed by atoms with van der Waals surface area (Å²) in [7, 11) is 0. The second-order valence-corrected chi connectivity index (χ2v) is 9.07. The molecule has 0 spiro atoms. The van der Waals surface area contributed by atoms with E-state index >= 15 is 0 Å². The summed E-state index contributed by atoms with van der Waals surface area (Å²) in [6, 6.07) is 22.7. The van der Waals surface area contributed by atoms with Gasteiger partial charge in [-0.2, -0.15) is 5.26 Å². The number of oxazole rings is 1. The maximum absolute atomic E-state index is 12.5. The minimum Gasteiger partial charge on any atom is -0.436 e. The Morgan fingerprint density at radius 1 is 1.03 bits per heavy atom. The summed E-state index contributed by atoms with van der Waals surface area (Å²) < 4.78 is 6.03. The normalized spacial score (nSPS) is 14.2. The molecule has 0 aliphatic carbocycles. The SMILES string of the molecule is C=C(c1ccc2nc(-c3cccc(C#N)c3)oc2c1)N1CCC(c2nc3ccccc3c(=O)[nH]2)CC1. The number of fused-ring (bicyclic) bond motifs is 2. The Morgan fingerprint density at radius 2 is 1.86 bits per heavy atom. The number of piperidine rings is 1. The van der Waals surface area contributed by atoms with E-state index in [0.717, 1.165) is 59.6 Å². The van der Waals surface area contributed by atoms with Crippen molar-refractivity contribution in [3.63, 3.8) is 0 Å². The molecule has 176 valence electrons. The number of likely N-dealkylation sites (tertiary alicyclic amines) is 1. The molecule has 0 bridgehead atoms. The number of nitrogens with zero attached hydrogens (tertiary/aromatic N) is 4. The molecular formula is C29H23N5O2. The van der Waals surface area contributed by atoms with Crippen LogP contribution in [0.5, 0.6) is 0 Å². The minimum atomic E-state index is -0.0819. The van der Waals surface area contributed by atoms with Gasteiger partial charge in [0.05, 0.1) is 22.5 Å². The number of H-pyrrole nitrogens is 1. The van der Waals surface area contributed by atoms with E-state index in [1.54, 1.807) is 18.2 Å². The third-order valence-corrected chi connectivity index (χ3v) is 6.85. The lowest BCUT2D eigenvalue weighted by Crippen LogP contribution is -2.32. The summed E-state index contributed by atoms with van der Waals surface area (Å²) >= 11 is 0. The van der Waals surface area contributed by atoms with E-state index in [2.05, 4.69) is 27.5 Å². The minimum absolute atomic E-state index is 0.0819. The van der Waals surface area contributed by atoms with Crippen molar-refractivity contribution in [1.29, 1.82) is 5.26 Å². The fraction of sp³-hybridized carbons (Fsp3) is 0.172. The average Bonchev–Trinajstić information content (AvgIpc) is 3.36. The molecule has 3 heterocycles. The Bertz CT molecular complexity index is 1720. The Hall–Kier alpha value is -4.70. The number of aromatic nitrogens is 3. The molecule has 6 rings (SSSR count). The van der Waals surface area contributed by atoms with Crippen LogP contribution < -0.4 is 5.56 Å². The number of nitrogens with one attached hydrogen (secondary N) is 1. The quantitative estimate of drug-likeness (QED) is 0.372.